The van der Waals surface area contributed by atoms with E-state index < -0.39 is 17.8 Å². The number of rotatable bonds is 10. The standard InChI is InChI=1S/C25H27NO5/c27-23(26-17-6-10-22(26)24(28)25(29)30)16-13-20-11-14-21(15-12-20)31-18-5-4-9-19-7-2-1-3-8-19/h1-3,7-8,11-16,22H,4-6,9-10,17-18H2,(H,29,30)/b16-13+/t22-/m0/s1. The number of nitrogens with zero attached hydrogens (tertiary/aromatic N) is 1. The Morgan fingerprint density at radius 2 is 1.77 bits per heavy atom. The predicted octanol–water partition coefficient (Wildman–Crippen LogP) is 3.75. The van der Waals surface area contributed by atoms with Crippen molar-refractivity contribution in [1.29, 1.82) is 0 Å². The van der Waals surface area contributed by atoms with Gasteiger partial charge in [0, 0.05) is 12.6 Å². The van der Waals surface area contributed by atoms with Crippen molar-refractivity contribution in [1.82, 2.24) is 4.90 Å². The van der Waals surface area contributed by atoms with Gasteiger partial charge < -0.3 is 14.7 Å². The summed E-state index contributed by atoms with van der Waals surface area (Å²) in [5, 5.41) is 8.90. The summed E-state index contributed by atoms with van der Waals surface area (Å²) in [5.41, 5.74) is 2.16. The van der Waals surface area contributed by atoms with Crippen LogP contribution < -0.4 is 4.74 Å². The van der Waals surface area contributed by atoms with Crippen molar-refractivity contribution in [3.63, 3.8) is 0 Å². The predicted molar refractivity (Wildman–Crippen MR) is 118 cm³/mol. The van der Waals surface area contributed by atoms with Gasteiger partial charge in [-0.2, -0.15) is 0 Å². The molecule has 1 aliphatic heterocycles. The van der Waals surface area contributed by atoms with Gasteiger partial charge in [0.1, 0.15) is 11.8 Å². The van der Waals surface area contributed by atoms with Crippen LogP contribution in [-0.2, 0) is 20.8 Å². The number of carbonyl (C=O) groups is 3. The zero-order valence-electron chi connectivity index (χ0n) is 17.4. The minimum Gasteiger partial charge on any atom is -0.494 e. The van der Waals surface area contributed by atoms with Gasteiger partial charge in [-0.3, -0.25) is 9.59 Å². The van der Waals surface area contributed by atoms with E-state index in [0.717, 1.165) is 30.6 Å². The van der Waals surface area contributed by atoms with Gasteiger partial charge >= 0.3 is 5.97 Å². The third-order valence-corrected chi connectivity index (χ3v) is 5.32. The van der Waals surface area contributed by atoms with Crippen LogP contribution in [0.25, 0.3) is 6.08 Å². The highest BCUT2D eigenvalue weighted by molar-refractivity contribution is 6.35. The molecule has 1 saturated heterocycles. The third-order valence-electron chi connectivity index (χ3n) is 5.32. The van der Waals surface area contributed by atoms with Crippen molar-refractivity contribution >= 4 is 23.7 Å². The Hall–Kier alpha value is -3.41. The number of unbranched alkanes of at least 4 members (excludes halogenated alkanes) is 1. The lowest BCUT2D eigenvalue weighted by Crippen LogP contribution is -2.42. The number of Topliss-reactive ketones (excluding diaryl/α,β-unsaturated/α-hetero) is 1. The minimum absolute atomic E-state index is 0.351. The molecule has 0 aromatic heterocycles. The number of amides is 1. The summed E-state index contributed by atoms with van der Waals surface area (Å²) in [6.07, 6.45) is 7.13. The smallest absolute Gasteiger partial charge is 0.374 e. The van der Waals surface area contributed by atoms with E-state index in [1.807, 2.05) is 30.3 Å². The molecule has 1 fully saturated rings. The SMILES string of the molecule is O=C(O)C(=O)[C@@H]1CCCN1C(=O)/C=C/c1ccc(OCCCCc2ccccc2)cc1. The second-order valence-corrected chi connectivity index (χ2v) is 7.55. The summed E-state index contributed by atoms with van der Waals surface area (Å²) in [6, 6.07) is 16.9. The van der Waals surface area contributed by atoms with Crippen LogP contribution in [0.4, 0.5) is 0 Å². The largest absolute Gasteiger partial charge is 0.494 e. The molecule has 0 radical (unpaired) electrons. The molecule has 0 unspecified atom stereocenters. The number of aliphatic carboxylic acids is 1. The van der Waals surface area contributed by atoms with E-state index in [0.29, 0.717) is 26.0 Å². The van der Waals surface area contributed by atoms with Crippen LogP contribution in [0.15, 0.2) is 60.7 Å². The van der Waals surface area contributed by atoms with Crippen molar-refractivity contribution in [2.75, 3.05) is 13.2 Å². The zero-order chi connectivity index (χ0) is 22.1. The Morgan fingerprint density at radius 3 is 2.48 bits per heavy atom. The van der Waals surface area contributed by atoms with Crippen LogP contribution in [0.2, 0.25) is 0 Å². The lowest BCUT2D eigenvalue weighted by molar-refractivity contribution is -0.152. The molecular formula is C25H27NO5. The van der Waals surface area contributed by atoms with E-state index in [1.54, 1.807) is 6.08 Å². The Balaban J connectivity index is 1.43. The number of hydrogen-bond donors (Lipinski definition) is 1. The number of carbonyl (C=O) groups excluding carboxylic acids is 2. The molecule has 0 bridgehead atoms. The normalized spacial score (nSPS) is 15.9. The second-order valence-electron chi connectivity index (χ2n) is 7.55. The van der Waals surface area contributed by atoms with Gasteiger partial charge in [-0.1, -0.05) is 42.5 Å². The van der Waals surface area contributed by atoms with E-state index in [4.69, 9.17) is 9.84 Å². The van der Waals surface area contributed by atoms with Gasteiger partial charge in [-0.05, 0) is 61.4 Å². The molecule has 1 aliphatic rings. The maximum Gasteiger partial charge on any atom is 0.374 e. The van der Waals surface area contributed by atoms with Crippen LogP contribution in [0, 0.1) is 0 Å². The average Bonchev–Trinajstić information content (AvgIpc) is 3.28. The molecule has 2 aromatic rings. The highest BCUT2D eigenvalue weighted by Gasteiger charge is 2.36. The molecule has 1 N–H and O–H groups in total. The molecule has 162 valence electrons. The topological polar surface area (TPSA) is 83.9 Å². The molecule has 0 saturated carbocycles. The highest BCUT2D eigenvalue weighted by Crippen LogP contribution is 2.19. The molecule has 1 heterocycles. The molecule has 2 aromatic carbocycles. The first-order chi connectivity index (χ1) is 15.0. The van der Waals surface area contributed by atoms with Gasteiger partial charge in [-0.15, -0.1) is 0 Å². The number of ketones is 1. The lowest BCUT2D eigenvalue weighted by Gasteiger charge is -2.20. The highest BCUT2D eigenvalue weighted by atomic mass is 16.5. The Labute approximate surface area is 182 Å². The fourth-order valence-corrected chi connectivity index (χ4v) is 3.65. The molecule has 6 nitrogen and oxygen atoms in total. The second kappa shape index (κ2) is 11.1. The van der Waals surface area contributed by atoms with Crippen LogP contribution in [-0.4, -0.2) is 46.9 Å². The van der Waals surface area contributed by atoms with E-state index in [1.165, 1.54) is 16.5 Å². The summed E-state index contributed by atoms with van der Waals surface area (Å²) in [5.74, 6) is -2.00. The first-order valence-corrected chi connectivity index (χ1v) is 10.6. The quantitative estimate of drug-likeness (QED) is 0.359. The van der Waals surface area contributed by atoms with Gasteiger partial charge in [0.2, 0.25) is 5.91 Å². The number of likely N-dealkylation sites (tertiary alicyclic amines) is 1. The Bertz CT molecular complexity index is 921. The lowest BCUT2D eigenvalue weighted by atomic mass is 10.1. The maximum absolute atomic E-state index is 12.4. The fourth-order valence-electron chi connectivity index (χ4n) is 3.65. The maximum atomic E-state index is 12.4. The average molecular weight is 421 g/mol. The van der Waals surface area contributed by atoms with Gasteiger partial charge in [0.15, 0.2) is 0 Å². The van der Waals surface area contributed by atoms with E-state index in [9.17, 15) is 14.4 Å². The molecule has 0 aliphatic carbocycles. The number of ether oxygens (including phenoxy) is 1. The van der Waals surface area contributed by atoms with Crippen LogP contribution in [0.1, 0.15) is 36.8 Å². The van der Waals surface area contributed by atoms with Crippen molar-refractivity contribution in [2.45, 2.75) is 38.1 Å². The number of carboxylic acid groups (broad SMARTS) is 1. The summed E-state index contributed by atoms with van der Waals surface area (Å²) in [7, 11) is 0. The summed E-state index contributed by atoms with van der Waals surface area (Å²) in [6.45, 7) is 1.04. The fraction of sp³-hybridized carbons (Fsp3) is 0.320. The number of hydrogen-bond acceptors (Lipinski definition) is 4. The van der Waals surface area contributed by atoms with E-state index in [-0.39, 0.29) is 5.91 Å². The van der Waals surface area contributed by atoms with Crippen molar-refractivity contribution < 1.29 is 24.2 Å². The molecular weight excluding hydrogens is 394 g/mol. The van der Waals surface area contributed by atoms with Crippen LogP contribution in [0.5, 0.6) is 5.75 Å². The molecule has 31 heavy (non-hydrogen) atoms. The van der Waals surface area contributed by atoms with Crippen LogP contribution in [0.3, 0.4) is 0 Å². The minimum atomic E-state index is -1.50. The monoisotopic (exact) mass is 421 g/mol. The van der Waals surface area contributed by atoms with E-state index >= 15 is 0 Å². The molecule has 1 amide bonds. The number of aryl methyl sites for hydroxylation is 1. The Kier molecular flexibility index (Phi) is 7.98. The third kappa shape index (κ3) is 6.54. The number of benzene rings is 2. The first-order valence-electron chi connectivity index (χ1n) is 10.6. The summed E-state index contributed by atoms with van der Waals surface area (Å²) in [4.78, 5) is 36.4. The van der Waals surface area contributed by atoms with Gasteiger partial charge in [0.25, 0.3) is 5.78 Å². The van der Waals surface area contributed by atoms with Gasteiger partial charge in [-0.25, -0.2) is 4.79 Å². The zero-order valence-corrected chi connectivity index (χ0v) is 17.4. The first kappa shape index (κ1) is 22.3. The Morgan fingerprint density at radius 1 is 1.03 bits per heavy atom. The summed E-state index contributed by atoms with van der Waals surface area (Å²) >= 11 is 0. The van der Waals surface area contributed by atoms with Crippen molar-refractivity contribution in [3.8, 4) is 5.75 Å². The van der Waals surface area contributed by atoms with E-state index in [2.05, 4.69) is 24.3 Å². The van der Waals surface area contributed by atoms with Crippen molar-refractivity contribution in [3.05, 3.63) is 71.8 Å². The van der Waals surface area contributed by atoms with Crippen LogP contribution >= 0.6 is 0 Å². The molecule has 0 spiro atoms. The number of carboxylic acids is 1. The molecule has 1 atom stereocenters. The molecule has 6 heteroatoms. The molecule has 3 rings (SSSR count). The van der Waals surface area contributed by atoms with Crippen molar-refractivity contribution in [2.24, 2.45) is 0 Å². The summed E-state index contributed by atoms with van der Waals surface area (Å²) < 4.78 is 5.78. The van der Waals surface area contributed by atoms with Gasteiger partial charge in [0.05, 0.1) is 6.61 Å².